The van der Waals surface area contributed by atoms with Crippen LogP contribution >= 0.6 is 23.2 Å². The van der Waals surface area contributed by atoms with Crippen LogP contribution in [0.25, 0.3) is 6.08 Å². The molecule has 0 aliphatic rings. The maximum atomic E-state index is 11.6. The van der Waals surface area contributed by atoms with Crippen molar-refractivity contribution in [1.82, 2.24) is 10.9 Å². The third-order valence-electron chi connectivity index (χ3n) is 2.42. The summed E-state index contributed by atoms with van der Waals surface area (Å²) in [5.74, 6) is -0.981. The van der Waals surface area contributed by atoms with Gasteiger partial charge in [-0.25, -0.2) is 0 Å². The highest BCUT2D eigenvalue weighted by Gasteiger charge is 2.08. The van der Waals surface area contributed by atoms with E-state index in [9.17, 15) is 9.59 Å². The molecule has 7 heteroatoms. The molecule has 2 aromatic rings. The van der Waals surface area contributed by atoms with Crippen LogP contribution in [0, 0.1) is 0 Å². The molecule has 0 spiro atoms. The van der Waals surface area contributed by atoms with Crippen molar-refractivity contribution in [3.05, 3.63) is 64.0 Å². The second kappa shape index (κ2) is 6.97. The fourth-order valence-electron chi connectivity index (χ4n) is 1.44. The monoisotopic (exact) mass is 324 g/mol. The van der Waals surface area contributed by atoms with Gasteiger partial charge in [0.25, 0.3) is 5.91 Å². The second-order valence-electron chi connectivity index (χ2n) is 3.92. The Morgan fingerprint density at radius 2 is 1.95 bits per heavy atom. The van der Waals surface area contributed by atoms with Crippen LogP contribution in [-0.4, -0.2) is 11.8 Å². The molecule has 108 valence electrons. The lowest BCUT2D eigenvalue weighted by molar-refractivity contribution is -0.117. The SMILES string of the molecule is O=C(C=Cc1cc(Cl)ccc1Cl)NNC(=O)c1ccco1. The highest BCUT2D eigenvalue weighted by molar-refractivity contribution is 6.34. The van der Waals surface area contributed by atoms with Crippen LogP contribution in [0.5, 0.6) is 0 Å². The van der Waals surface area contributed by atoms with E-state index in [4.69, 9.17) is 27.6 Å². The zero-order valence-corrected chi connectivity index (χ0v) is 12.1. The van der Waals surface area contributed by atoms with E-state index in [1.54, 1.807) is 24.3 Å². The molecular formula is C14H10Cl2N2O3. The zero-order valence-electron chi connectivity index (χ0n) is 10.6. The highest BCUT2D eigenvalue weighted by atomic mass is 35.5. The molecule has 0 radical (unpaired) electrons. The molecule has 0 unspecified atom stereocenters. The Labute approximate surface area is 130 Å². The van der Waals surface area contributed by atoms with Crippen molar-refractivity contribution < 1.29 is 14.0 Å². The van der Waals surface area contributed by atoms with Gasteiger partial charge in [0.05, 0.1) is 6.26 Å². The number of rotatable bonds is 3. The molecule has 0 saturated heterocycles. The average molecular weight is 325 g/mol. The molecule has 1 heterocycles. The minimum Gasteiger partial charge on any atom is -0.459 e. The van der Waals surface area contributed by atoms with Crippen LogP contribution in [0.1, 0.15) is 16.1 Å². The summed E-state index contributed by atoms with van der Waals surface area (Å²) >= 11 is 11.8. The Morgan fingerprint density at radius 3 is 2.67 bits per heavy atom. The van der Waals surface area contributed by atoms with Gasteiger partial charge in [0.1, 0.15) is 0 Å². The summed E-state index contributed by atoms with van der Waals surface area (Å²) in [7, 11) is 0. The lowest BCUT2D eigenvalue weighted by Gasteiger charge is -2.03. The van der Waals surface area contributed by atoms with Gasteiger partial charge < -0.3 is 4.42 Å². The summed E-state index contributed by atoms with van der Waals surface area (Å²) in [4.78, 5) is 23.1. The Kier molecular flexibility index (Phi) is 5.03. The number of nitrogens with one attached hydrogen (secondary N) is 2. The van der Waals surface area contributed by atoms with Crippen molar-refractivity contribution in [2.75, 3.05) is 0 Å². The van der Waals surface area contributed by atoms with Gasteiger partial charge in [-0.15, -0.1) is 0 Å². The Balaban J connectivity index is 1.91. The van der Waals surface area contributed by atoms with Crippen LogP contribution < -0.4 is 10.9 Å². The van der Waals surface area contributed by atoms with Crippen LogP contribution in [0.4, 0.5) is 0 Å². The number of carbonyl (C=O) groups is 2. The van der Waals surface area contributed by atoms with Gasteiger partial charge in [0.15, 0.2) is 5.76 Å². The largest absolute Gasteiger partial charge is 0.459 e. The number of carbonyl (C=O) groups excluding carboxylic acids is 2. The predicted octanol–water partition coefficient (Wildman–Crippen LogP) is 3.06. The first-order chi connectivity index (χ1) is 10.1. The van der Waals surface area contributed by atoms with Crippen LogP contribution in [0.2, 0.25) is 10.0 Å². The Morgan fingerprint density at radius 1 is 1.14 bits per heavy atom. The molecular weight excluding hydrogens is 315 g/mol. The molecule has 0 saturated carbocycles. The number of hydrazine groups is 1. The van der Waals surface area contributed by atoms with Gasteiger partial charge in [0.2, 0.25) is 0 Å². The van der Waals surface area contributed by atoms with Crippen molar-refractivity contribution in [2.45, 2.75) is 0 Å². The lowest BCUT2D eigenvalue weighted by atomic mass is 10.2. The van der Waals surface area contributed by atoms with Gasteiger partial charge in [-0.3, -0.25) is 20.4 Å². The maximum absolute atomic E-state index is 11.6. The first-order valence-corrected chi connectivity index (χ1v) is 6.59. The molecule has 0 bridgehead atoms. The third-order valence-corrected chi connectivity index (χ3v) is 3.00. The van der Waals surface area contributed by atoms with Crippen LogP contribution in [-0.2, 0) is 4.79 Å². The lowest BCUT2D eigenvalue weighted by Crippen LogP contribution is -2.40. The van der Waals surface area contributed by atoms with Crippen molar-refractivity contribution >= 4 is 41.1 Å². The molecule has 5 nitrogen and oxygen atoms in total. The van der Waals surface area contributed by atoms with E-state index in [0.29, 0.717) is 15.6 Å². The number of halogens is 2. The number of hydrogen-bond donors (Lipinski definition) is 2. The summed E-state index contributed by atoms with van der Waals surface area (Å²) in [6.45, 7) is 0. The molecule has 2 amide bonds. The quantitative estimate of drug-likeness (QED) is 0.673. The number of amides is 2. The first kappa shape index (κ1) is 15.2. The maximum Gasteiger partial charge on any atom is 0.305 e. The Hall–Kier alpha value is -2.24. The van der Waals surface area contributed by atoms with E-state index in [2.05, 4.69) is 10.9 Å². The van der Waals surface area contributed by atoms with E-state index < -0.39 is 11.8 Å². The molecule has 0 atom stereocenters. The second-order valence-corrected chi connectivity index (χ2v) is 4.76. The third kappa shape index (κ3) is 4.37. The fraction of sp³-hybridized carbons (Fsp3) is 0. The number of furan rings is 1. The fourth-order valence-corrected chi connectivity index (χ4v) is 1.80. The normalized spacial score (nSPS) is 10.6. The summed E-state index contributed by atoms with van der Waals surface area (Å²) in [5, 5.41) is 0.966. The molecule has 21 heavy (non-hydrogen) atoms. The topological polar surface area (TPSA) is 71.3 Å². The van der Waals surface area contributed by atoms with Gasteiger partial charge in [-0.2, -0.15) is 0 Å². The van der Waals surface area contributed by atoms with Gasteiger partial charge in [-0.05, 0) is 42.0 Å². The Bertz CT molecular complexity index is 682. The number of hydrogen-bond acceptors (Lipinski definition) is 3. The molecule has 2 rings (SSSR count). The average Bonchev–Trinajstić information content (AvgIpc) is 3.00. The molecule has 0 aliphatic carbocycles. The van der Waals surface area contributed by atoms with E-state index in [1.807, 2.05) is 0 Å². The van der Waals surface area contributed by atoms with Crippen LogP contribution in [0.3, 0.4) is 0 Å². The summed E-state index contributed by atoms with van der Waals surface area (Å²) in [5.41, 5.74) is 5.01. The molecule has 2 N–H and O–H groups in total. The molecule has 1 aromatic heterocycles. The van der Waals surface area contributed by atoms with Gasteiger partial charge in [-0.1, -0.05) is 23.2 Å². The predicted molar refractivity (Wildman–Crippen MR) is 79.8 cm³/mol. The summed E-state index contributed by atoms with van der Waals surface area (Å²) in [6, 6.07) is 7.93. The van der Waals surface area contributed by atoms with Gasteiger partial charge in [0, 0.05) is 16.1 Å². The number of benzene rings is 1. The first-order valence-electron chi connectivity index (χ1n) is 5.83. The van der Waals surface area contributed by atoms with E-state index >= 15 is 0 Å². The zero-order chi connectivity index (χ0) is 15.2. The minimum atomic E-state index is -0.553. The minimum absolute atomic E-state index is 0.0946. The molecule has 0 aliphatic heterocycles. The van der Waals surface area contributed by atoms with E-state index in [1.165, 1.54) is 24.5 Å². The smallest absolute Gasteiger partial charge is 0.305 e. The standard InChI is InChI=1S/C14H10Cl2N2O3/c15-10-4-5-11(16)9(8-10)3-6-13(19)17-18-14(20)12-2-1-7-21-12/h1-8H,(H,17,19)(H,18,20). The summed E-state index contributed by atoms with van der Waals surface area (Å²) in [6.07, 6.45) is 4.07. The molecule has 1 aromatic carbocycles. The van der Waals surface area contributed by atoms with Crippen molar-refractivity contribution in [3.8, 4) is 0 Å². The van der Waals surface area contributed by atoms with Crippen molar-refractivity contribution in [2.24, 2.45) is 0 Å². The van der Waals surface area contributed by atoms with Gasteiger partial charge >= 0.3 is 5.91 Å². The van der Waals surface area contributed by atoms with Crippen molar-refractivity contribution in [1.29, 1.82) is 0 Å². The van der Waals surface area contributed by atoms with Crippen molar-refractivity contribution in [3.63, 3.8) is 0 Å². The van der Waals surface area contributed by atoms with E-state index in [-0.39, 0.29) is 5.76 Å². The van der Waals surface area contributed by atoms with E-state index in [0.717, 1.165) is 0 Å². The molecule has 0 fully saturated rings. The highest BCUT2D eigenvalue weighted by Crippen LogP contribution is 2.21. The summed E-state index contributed by atoms with van der Waals surface area (Å²) < 4.78 is 4.87. The van der Waals surface area contributed by atoms with Crippen LogP contribution in [0.15, 0.2) is 47.1 Å².